The molecule has 0 bridgehead atoms. The van der Waals surface area contributed by atoms with Crippen molar-refractivity contribution in [2.45, 2.75) is 39.8 Å². The Bertz CT molecular complexity index is 399. The van der Waals surface area contributed by atoms with Crippen LogP contribution < -0.4 is 0 Å². The van der Waals surface area contributed by atoms with E-state index in [1.165, 1.54) is 6.07 Å². The van der Waals surface area contributed by atoms with Crippen molar-refractivity contribution < 1.29 is 17.6 Å². The van der Waals surface area contributed by atoms with Gasteiger partial charge in [-0.3, -0.25) is 0 Å². The average Bonchev–Trinajstić information content (AvgIpc) is 2.13. The maximum atomic E-state index is 13.7. The van der Waals surface area contributed by atoms with E-state index in [0.29, 0.717) is 11.6 Å². The summed E-state index contributed by atoms with van der Waals surface area (Å²) < 4.78 is 50.8. The van der Waals surface area contributed by atoms with Crippen LogP contribution >= 0.6 is 0 Å². The smallest absolute Gasteiger partial charge is 0.207 e. The second-order valence-corrected chi connectivity index (χ2v) is 5.32. The lowest BCUT2D eigenvalue weighted by molar-refractivity contribution is -0.137. The van der Waals surface area contributed by atoms with E-state index in [2.05, 4.69) is 0 Å². The average molecular weight is 248 g/mol. The monoisotopic (exact) mass is 248 g/mol. The molecule has 0 fully saturated rings. The molecule has 96 valence electrons. The molecule has 0 nitrogen and oxygen atoms in total. The predicted octanol–water partition coefficient (Wildman–Crippen LogP) is 4.99. The molecule has 0 heterocycles. The highest BCUT2D eigenvalue weighted by molar-refractivity contribution is 5.29. The summed E-state index contributed by atoms with van der Waals surface area (Å²) >= 11 is 0. The number of hydrogen-bond donors (Lipinski definition) is 0. The van der Waals surface area contributed by atoms with Crippen LogP contribution in [0.3, 0.4) is 0 Å². The normalized spacial score (nSPS) is 14.8. The molecule has 0 amide bonds. The standard InChI is InChI=1S/C13H16F4/c1-8(12(2,3)4)10-6-5-9(7-11(10)14)13(15,16)17/h5-8H,1-4H3/t8-/m0/s1. The fourth-order valence-corrected chi connectivity index (χ4v) is 1.52. The summed E-state index contributed by atoms with van der Waals surface area (Å²) in [6.45, 7) is 7.59. The Morgan fingerprint density at radius 3 is 1.94 bits per heavy atom. The highest BCUT2D eigenvalue weighted by atomic mass is 19.4. The van der Waals surface area contributed by atoms with E-state index in [9.17, 15) is 17.6 Å². The van der Waals surface area contributed by atoms with Gasteiger partial charge in [-0.05, 0) is 29.0 Å². The number of alkyl halides is 3. The van der Waals surface area contributed by atoms with E-state index in [4.69, 9.17) is 0 Å². The summed E-state index contributed by atoms with van der Waals surface area (Å²) in [6.07, 6.45) is -4.50. The van der Waals surface area contributed by atoms with E-state index in [1.54, 1.807) is 0 Å². The Labute approximate surface area is 98.6 Å². The lowest BCUT2D eigenvalue weighted by Gasteiger charge is -2.28. The van der Waals surface area contributed by atoms with Gasteiger partial charge in [0.2, 0.25) is 0 Å². The molecule has 0 aliphatic carbocycles. The second kappa shape index (κ2) is 4.31. The molecule has 0 aliphatic rings. The first-order valence-corrected chi connectivity index (χ1v) is 5.40. The van der Waals surface area contributed by atoms with E-state index in [0.717, 1.165) is 6.07 Å². The largest absolute Gasteiger partial charge is 0.416 e. The van der Waals surface area contributed by atoms with Gasteiger partial charge < -0.3 is 0 Å². The predicted molar refractivity (Wildman–Crippen MR) is 59.3 cm³/mol. The number of halogens is 4. The van der Waals surface area contributed by atoms with Crippen molar-refractivity contribution in [2.75, 3.05) is 0 Å². The van der Waals surface area contributed by atoms with E-state index in [-0.39, 0.29) is 11.3 Å². The molecule has 0 radical (unpaired) electrons. The van der Waals surface area contributed by atoms with Gasteiger partial charge >= 0.3 is 6.18 Å². The zero-order valence-corrected chi connectivity index (χ0v) is 10.3. The Kier molecular flexibility index (Phi) is 3.55. The van der Waals surface area contributed by atoms with Gasteiger partial charge in [-0.1, -0.05) is 33.8 Å². The minimum Gasteiger partial charge on any atom is -0.207 e. The van der Waals surface area contributed by atoms with Crippen molar-refractivity contribution in [3.63, 3.8) is 0 Å². The first-order chi connectivity index (χ1) is 7.53. The van der Waals surface area contributed by atoms with Crippen molar-refractivity contribution in [3.8, 4) is 0 Å². The van der Waals surface area contributed by atoms with Crippen LogP contribution in [-0.4, -0.2) is 0 Å². The van der Waals surface area contributed by atoms with Crippen LogP contribution in [0, 0.1) is 11.2 Å². The molecule has 0 N–H and O–H groups in total. The quantitative estimate of drug-likeness (QED) is 0.614. The zero-order valence-electron chi connectivity index (χ0n) is 10.3. The highest BCUT2D eigenvalue weighted by Gasteiger charge is 2.32. The van der Waals surface area contributed by atoms with Gasteiger partial charge in [0.05, 0.1) is 5.56 Å². The first-order valence-electron chi connectivity index (χ1n) is 5.40. The van der Waals surface area contributed by atoms with Gasteiger partial charge in [-0.15, -0.1) is 0 Å². The van der Waals surface area contributed by atoms with Crippen molar-refractivity contribution in [2.24, 2.45) is 5.41 Å². The lowest BCUT2D eigenvalue weighted by atomic mass is 9.77. The fourth-order valence-electron chi connectivity index (χ4n) is 1.52. The van der Waals surface area contributed by atoms with Crippen LogP contribution in [0.4, 0.5) is 17.6 Å². The van der Waals surface area contributed by atoms with Crippen LogP contribution in [0.25, 0.3) is 0 Å². The summed E-state index contributed by atoms with van der Waals surface area (Å²) in [5, 5.41) is 0. The van der Waals surface area contributed by atoms with Gasteiger partial charge in [-0.25, -0.2) is 4.39 Å². The molecule has 0 unspecified atom stereocenters. The van der Waals surface area contributed by atoms with Gasteiger partial charge in [0.1, 0.15) is 5.82 Å². The maximum Gasteiger partial charge on any atom is 0.416 e. The highest BCUT2D eigenvalue weighted by Crippen LogP contribution is 2.37. The minimum atomic E-state index is -4.50. The molecule has 0 aromatic heterocycles. The first kappa shape index (κ1) is 14.0. The van der Waals surface area contributed by atoms with E-state index in [1.807, 2.05) is 27.7 Å². The van der Waals surface area contributed by atoms with Crippen LogP contribution in [0.2, 0.25) is 0 Å². The summed E-state index contributed by atoms with van der Waals surface area (Å²) in [5.74, 6) is -0.938. The molecule has 1 aromatic carbocycles. The van der Waals surface area contributed by atoms with Gasteiger partial charge in [0.15, 0.2) is 0 Å². The van der Waals surface area contributed by atoms with Crippen LogP contribution in [-0.2, 0) is 6.18 Å². The third-order valence-electron chi connectivity index (χ3n) is 3.09. The summed E-state index contributed by atoms with van der Waals surface area (Å²) in [6, 6.07) is 2.73. The molecule has 4 heteroatoms. The molecule has 0 saturated carbocycles. The molecule has 17 heavy (non-hydrogen) atoms. The van der Waals surface area contributed by atoms with Gasteiger partial charge in [-0.2, -0.15) is 13.2 Å². The third kappa shape index (κ3) is 3.20. The van der Waals surface area contributed by atoms with Gasteiger partial charge in [0, 0.05) is 0 Å². The number of hydrogen-bond acceptors (Lipinski definition) is 0. The van der Waals surface area contributed by atoms with Gasteiger partial charge in [0.25, 0.3) is 0 Å². The van der Waals surface area contributed by atoms with Crippen LogP contribution in [0.5, 0.6) is 0 Å². The van der Waals surface area contributed by atoms with Crippen molar-refractivity contribution in [1.82, 2.24) is 0 Å². The summed E-state index contributed by atoms with van der Waals surface area (Å²) in [7, 11) is 0. The zero-order chi connectivity index (χ0) is 13.4. The Morgan fingerprint density at radius 2 is 1.59 bits per heavy atom. The van der Waals surface area contributed by atoms with Crippen molar-refractivity contribution in [1.29, 1.82) is 0 Å². The number of benzene rings is 1. The third-order valence-corrected chi connectivity index (χ3v) is 3.09. The molecule has 0 aliphatic heterocycles. The maximum absolute atomic E-state index is 13.7. The molecule has 0 saturated heterocycles. The molecular formula is C13H16F4. The topological polar surface area (TPSA) is 0 Å². The Hall–Kier alpha value is -1.06. The molecule has 1 rings (SSSR count). The second-order valence-electron chi connectivity index (χ2n) is 5.32. The molecule has 0 spiro atoms. The molecule has 1 atom stereocenters. The van der Waals surface area contributed by atoms with Crippen LogP contribution in [0.1, 0.15) is 44.7 Å². The Balaban J connectivity index is 3.15. The summed E-state index contributed by atoms with van der Waals surface area (Å²) in [4.78, 5) is 0. The van der Waals surface area contributed by atoms with Crippen LogP contribution in [0.15, 0.2) is 18.2 Å². The van der Waals surface area contributed by atoms with E-state index >= 15 is 0 Å². The summed E-state index contributed by atoms with van der Waals surface area (Å²) in [5.41, 5.74) is -0.814. The Morgan fingerprint density at radius 1 is 1.06 bits per heavy atom. The molecule has 1 aromatic rings. The minimum absolute atomic E-state index is 0.148. The lowest BCUT2D eigenvalue weighted by Crippen LogP contribution is -2.17. The van der Waals surface area contributed by atoms with E-state index < -0.39 is 17.6 Å². The van der Waals surface area contributed by atoms with Crippen molar-refractivity contribution >= 4 is 0 Å². The SMILES string of the molecule is C[C@@H](c1ccc(C(F)(F)F)cc1F)C(C)(C)C. The molecular weight excluding hydrogens is 232 g/mol. The number of rotatable bonds is 1. The van der Waals surface area contributed by atoms with Crippen molar-refractivity contribution in [3.05, 3.63) is 35.1 Å². The fraction of sp³-hybridized carbons (Fsp3) is 0.538.